The average molecular weight is 438 g/mol. The molecule has 170 valence electrons. The molecule has 3 heterocycles. The van der Waals surface area contributed by atoms with E-state index in [0.717, 1.165) is 92.0 Å². The van der Waals surface area contributed by atoms with Gasteiger partial charge in [0.25, 0.3) is 0 Å². The van der Waals surface area contributed by atoms with E-state index in [-0.39, 0.29) is 0 Å². The molecule has 0 bridgehead atoms. The molecule has 3 N–H and O–H groups in total. The van der Waals surface area contributed by atoms with E-state index in [1.807, 2.05) is 0 Å². The van der Waals surface area contributed by atoms with Gasteiger partial charge in [0.15, 0.2) is 20.2 Å². The van der Waals surface area contributed by atoms with E-state index in [1.54, 1.807) is 0 Å². The number of nitrogens with zero attached hydrogens (tertiary/aromatic N) is 3. The molecule has 11 heteroatoms. The number of hydrogen-bond acceptors (Lipinski definition) is 7. The van der Waals surface area contributed by atoms with E-state index in [0.29, 0.717) is 20.2 Å². The fraction of sp³-hybridized carbons (Fsp3) is 1.00. The van der Waals surface area contributed by atoms with Gasteiger partial charge in [-0.3, -0.25) is 0 Å². The molecule has 3 aliphatic rings. The Bertz CT molecular complexity index is 486. The Morgan fingerprint density at radius 3 is 1.07 bits per heavy atom. The molecule has 0 atom stereocenters. The lowest BCUT2D eigenvalue weighted by Gasteiger charge is -2.40. The van der Waals surface area contributed by atoms with Crippen LogP contribution in [-0.2, 0) is 18.1 Å². The molecule has 3 aliphatic heterocycles. The molecule has 3 saturated heterocycles. The molecule has 3 rings (SSSR count). The summed E-state index contributed by atoms with van der Waals surface area (Å²) in [6, 6.07) is 0. The summed E-state index contributed by atoms with van der Waals surface area (Å²) < 4.78 is 33.6. The number of rotatable bonds is 9. The average Bonchev–Trinajstić information content (AvgIpc) is 2.72. The maximum Gasteiger partial charge on any atom is 0.488 e. The number of quaternary nitrogens is 3. The van der Waals surface area contributed by atoms with Gasteiger partial charge in [-0.2, -0.15) is 0 Å². The third-order valence-corrected chi connectivity index (χ3v) is 7.85. The van der Waals surface area contributed by atoms with Gasteiger partial charge in [0, 0.05) is 39.3 Å². The van der Waals surface area contributed by atoms with E-state index < -0.39 is 7.82 Å². The van der Waals surface area contributed by atoms with E-state index in [4.69, 9.17) is 13.6 Å². The first-order valence-corrected chi connectivity index (χ1v) is 12.4. The molecule has 0 amide bonds. The molecule has 0 aromatic carbocycles. The highest BCUT2D eigenvalue weighted by Gasteiger charge is 2.39. The quantitative estimate of drug-likeness (QED) is 0.321. The van der Waals surface area contributed by atoms with Gasteiger partial charge in [0.05, 0.1) is 60.4 Å². The Labute approximate surface area is 175 Å². The van der Waals surface area contributed by atoms with Crippen LogP contribution in [0.15, 0.2) is 0 Å². The lowest BCUT2D eigenvalue weighted by molar-refractivity contribution is -0.932. The van der Waals surface area contributed by atoms with Gasteiger partial charge in [-0.05, 0) is 0 Å². The van der Waals surface area contributed by atoms with Crippen molar-refractivity contribution in [3.05, 3.63) is 0 Å². The second-order valence-electron chi connectivity index (χ2n) is 9.67. The number of phosphoric ester groups is 1. The van der Waals surface area contributed by atoms with Crippen LogP contribution in [-0.4, -0.2) is 133 Å². The smallest absolute Gasteiger partial charge is 0.306 e. The van der Waals surface area contributed by atoms with Crippen molar-refractivity contribution in [2.24, 2.45) is 0 Å². The summed E-state index contributed by atoms with van der Waals surface area (Å²) in [4.78, 5) is 0. The number of nitrogens with one attached hydrogen (secondary N) is 3. The normalized spacial score (nSPS) is 26.9. The molecule has 0 spiro atoms. The Morgan fingerprint density at radius 1 is 0.586 bits per heavy atom. The van der Waals surface area contributed by atoms with Crippen LogP contribution in [0.4, 0.5) is 0 Å². The van der Waals surface area contributed by atoms with Crippen molar-refractivity contribution in [3.8, 4) is 0 Å². The lowest BCUT2D eigenvalue weighted by atomic mass is 10.3. The van der Waals surface area contributed by atoms with E-state index in [2.05, 4.69) is 37.1 Å². The van der Waals surface area contributed by atoms with Crippen molar-refractivity contribution in [1.82, 2.24) is 16.0 Å². The molecule has 0 aliphatic carbocycles. The van der Waals surface area contributed by atoms with Crippen LogP contribution in [0.1, 0.15) is 0 Å². The molecular formula is C18H42N6O4P+3. The fourth-order valence-corrected chi connectivity index (χ4v) is 5.42. The van der Waals surface area contributed by atoms with Crippen molar-refractivity contribution < 1.29 is 31.6 Å². The Balaban J connectivity index is 1.61. The van der Waals surface area contributed by atoms with Crippen molar-refractivity contribution >= 4 is 7.82 Å². The van der Waals surface area contributed by atoms with Gasteiger partial charge in [0.2, 0.25) is 0 Å². The minimum absolute atomic E-state index is 0.343. The first-order valence-electron chi connectivity index (χ1n) is 10.9. The van der Waals surface area contributed by atoms with Crippen LogP contribution in [0.3, 0.4) is 0 Å². The van der Waals surface area contributed by atoms with Crippen molar-refractivity contribution in [2.45, 2.75) is 0 Å². The van der Waals surface area contributed by atoms with Gasteiger partial charge in [-0.25, -0.2) is 18.1 Å². The number of hydrogen-bond donors (Lipinski definition) is 3. The van der Waals surface area contributed by atoms with E-state index in [9.17, 15) is 4.57 Å². The predicted molar refractivity (Wildman–Crippen MR) is 112 cm³/mol. The minimum atomic E-state index is -3.66. The van der Waals surface area contributed by atoms with E-state index >= 15 is 0 Å². The summed E-state index contributed by atoms with van der Waals surface area (Å²) >= 11 is 0. The predicted octanol–water partition coefficient (Wildman–Crippen LogP) is -0.834. The topological polar surface area (TPSA) is 80.9 Å². The molecule has 29 heavy (non-hydrogen) atoms. The highest BCUT2D eigenvalue weighted by Crippen LogP contribution is 2.50. The van der Waals surface area contributed by atoms with Crippen LogP contribution in [0.25, 0.3) is 0 Å². The highest BCUT2D eigenvalue weighted by molar-refractivity contribution is 7.48. The Hall–Kier alpha value is -0.130. The summed E-state index contributed by atoms with van der Waals surface area (Å²) in [5.41, 5.74) is 0. The second kappa shape index (κ2) is 9.99. The number of phosphoric acid groups is 1. The van der Waals surface area contributed by atoms with Crippen molar-refractivity contribution in [3.63, 3.8) is 0 Å². The van der Waals surface area contributed by atoms with Crippen LogP contribution in [0.5, 0.6) is 0 Å². The molecule has 0 aromatic rings. The third kappa shape index (κ3) is 7.21. The van der Waals surface area contributed by atoms with Gasteiger partial charge in [0.1, 0.15) is 0 Å². The monoisotopic (exact) mass is 437 g/mol. The van der Waals surface area contributed by atoms with Gasteiger partial charge in [-0.15, -0.1) is 0 Å². The van der Waals surface area contributed by atoms with Crippen LogP contribution < -0.4 is 16.0 Å². The molecule has 0 aromatic heterocycles. The minimum Gasteiger partial charge on any atom is -0.306 e. The molecule has 0 unspecified atom stereocenters. The van der Waals surface area contributed by atoms with E-state index in [1.165, 1.54) is 0 Å². The third-order valence-electron chi connectivity index (χ3n) is 6.55. The Morgan fingerprint density at radius 2 is 0.828 bits per heavy atom. The molecule has 0 saturated carbocycles. The van der Waals surface area contributed by atoms with Crippen LogP contribution in [0.2, 0.25) is 0 Å². The van der Waals surface area contributed by atoms with Gasteiger partial charge < -0.3 is 29.4 Å². The SMILES string of the molecule is C[N+]1(COP(=O)(OC[N+]2(C)CCNCC2)OC[N+]2(C)CCNCC2)CCNCC1. The molecule has 3 fully saturated rings. The van der Waals surface area contributed by atoms with Gasteiger partial charge >= 0.3 is 7.82 Å². The maximum atomic E-state index is 13.6. The zero-order valence-corrected chi connectivity index (χ0v) is 19.4. The number of likely N-dealkylation sites (N-methyl/N-ethyl adjacent to an activating group) is 3. The largest absolute Gasteiger partial charge is 0.488 e. The first-order chi connectivity index (χ1) is 13.7. The summed E-state index contributed by atoms with van der Waals surface area (Å²) in [6.07, 6.45) is 0. The zero-order valence-electron chi connectivity index (χ0n) is 18.5. The summed E-state index contributed by atoms with van der Waals surface area (Å²) in [5.74, 6) is 0. The summed E-state index contributed by atoms with van der Waals surface area (Å²) in [6.45, 7) is 12.3. The molecular weight excluding hydrogens is 395 g/mol. The highest BCUT2D eigenvalue weighted by atomic mass is 31.2. The second-order valence-corrected chi connectivity index (χ2v) is 11.3. The first kappa shape index (κ1) is 23.5. The fourth-order valence-electron chi connectivity index (χ4n) is 3.93. The van der Waals surface area contributed by atoms with Crippen molar-refractivity contribution in [2.75, 3.05) is 120 Å². The molecule has 0 radical (unpaired) electrons. The summed E-state index contributed by atoms with van der Waals surface area (Å²) in [5, 5.41) is 10.1. The Kier molecular flexibility index (Phi) is 8.11. The van der Waals surface area contributed by atoms with Crippen LogP contribution in [0, 0.1) is 0 Å². The number of piperazine rings is 3. The van der Waals surface area contributed by atoms with Gasteiger partial charge in [-0.1, -0.05) is 0 Å². The lowest BCUT2D eigenvalue weighted by Crippen LogP contribution is -2.58. The zero-order chi connectivity index (χ0) is 20.8. The molecule has 10 nitrogen and oxygen atoms in total. The standard InChI is InChI=1S/C18H42N6O4P/c1-22(10-4-19-5-11-22)16-26-29(25,27-17-23(2)12-6-20-7-13-23)28-18-24(3)14-8-21-9-15-24/h19-21H,4-18H2,1-3H3/q+3. The summed E-state index contributed by atoms with van der Waals surface area (Å²) in [7, 11) is 2.76. The maximum absolute atomic E-state index is 13.6. The van der Waals surface area contributed by atoms with Crippen molar-refractivity contribution in [1.29, 1.82) is 0 Å². The van der Waals surface area contributed by atoms with Crippen LogP contribution >= 0.6 is 7.82 Å².